The van der Waals surface area contributed by atoms with E-state index in [-0.39, 0.29) is 47.1 Å². The van der Waals surface area contributed by atoms with Crippen molar-refractivity contribution < 1.29 is 23.5 Å². The van der Waals surface area contributed by atoms with Crippen molar-refractivity contribution in [3.63, 3.8) is 0 Å². The van der Waals surface area contributed by atoms with Gasteiger partial charge in [-0.15, -0.1) is 0 Å². The summed E-state index contributed by atoms with van der Waals surface area (Å²) in [6.07, 6.45) is 12.1. The number of nitrogen functional groups attached to an aromatic ring is 1. The van der Waals surface area contributed by atoms with Gasteiger partial charge in [-0.05, 0) is 94.7 Å². The van der Waals surface area contributed by atoms with Crippen molar-refractivity contribution in [1.82, 2.24) is 34.7 Å². The summed E-state index contributed by atoms with van der Waals surface area (Å²) in [5, 5.41) is 10.9. The zero-order chi connectivity index (χ0) is 39.4. The third-order valence-electron chi connectivity index (χ3n) is 11.5. The Balaban J connectivity index is 0.889. The van der Waals surface area contributed by atoms with Crippen molar-refractivity contribution in [2.75, 3.05) is 37.2 Å². The summed E-state index contributed by atoms with van der Waals surface area (Å²) in [4.78, 5) is 52.9. The van der Waals surface area contributed by atoms with Gasteiger partial charge >= 0.3 is 0 Å². The Kier molecular flexibility index (Phi) is 11.7. The molecular formula is C41H53FN10O4. The quantitative estimate of drug-likeness (QED) is 0.140. The molecule has 3 aromatic heterocycles. The maximum absolute atomic E-state index is 14.4. The zero-order valence-corrected chi connectivity index (χ0v) is 32.3. The molecule has 3 aliphatic rings. The van der Waals surface area contributed by atoms with Gasteiger partial charge in [-0.25, -0.2) is 18.9 Å². The van der Waals surface area contributed by atoms with E-state index in [0.717, 1.165) is 50.5 Å². The summed E-state index contributed by atoms with van der Waals surface area (Å²) >= 11 is 0. The first-order valence-corrected chi connectivity index (χ1v) is 19.9. The van der Waals surface area contributed by atoms with Crippen LogP contribution in [0.2, 0.25) is 0 Å². The number of benzene rings is 1. The number of likely N-dealkylation sites (tertiary alicyclic amines) is 1. The minimum Gasteiger partial charge on any atom is -0.489 e. The number of carbonyl (C=O) groups excluding carboxylic acids is 3. The van der Waals surface area contributed by atoms with Gasteiger partial charge < -0.3 is 36.6 Å². The zero-order valence-electron chi connectivity index (χ0n) is 32.3. The second-order valence-corrected chi connectivity index (χ2v) is 15.8. The normalized spacial score (nSPS) is 20.8. The summed E-state index contributed by atoms with van der Waals surface area (Å²) in [6.45, 7) is 5.78. The molecule has 4 aromatic rings. The first kappa shape index (κ1) is 38.9. The summed E-state index contributed by atoms with van der Waals surface area (Å²) < 4.78 is 22.3. The van der Waals surface area contributed by atoms with Crippen molar-refractivity contribution in [3.05, 3.63) is 77.5 Å². The molecule has 15 heteroatoms. The molecule has 2 bridgehead atoms. The molecule has 5 heterocycles. The molecule has 0 radical (unpaired) electrons. The van der Waals surface area contributed by atoms with Gasteiger partial charge in [0.25, 0.3) is 5.91 Å². The number of nitrogens with one attached hydrogen (secondary N) is 2. The Hall–Kier alpha value is -5.31. The van der Waals surface area contributed by atoms with Gasteiger partial charge in [-0.2, -0.15) is 5.10 Å². The number of anilines is 2. The molecule has 298 valence electrons. The number of amides is 3. The molecule has 2 aliphatic heterocycles. The van der Waals surface area contributed by atoms with E-state index in [1.54, 1.807) is 40.1 Å². The maximum Gasteiger partial charge on any atom is 0.259 e. The predicted molar refractivity (Wildman–Crippen MR) is 210 cm³/mol. The van der Waals surface area contributed by atoms with Crippen LogP contribution in [-0.2, 0) is 16.0 Å². The van der Waals surface area contributed by atoms with E-state index in [0.29, 0.717) is 79.6 Å². The van der Waals surface area contributed by atoms with E-state index in [2.05, 4.69) is 20.7 Å². The van der Waals surface area contributed by atoms with Gasteiger partial charge in [0.2, 0.25) is 11.8 Å². The van der Waals surface area contributed by atoms with Crippen molar-refractivity contribution in [2.24, 2.45) is 11.1 Å². The van der Waals surface area contributed by atoms with Crippen LogP contribution in [0.4, 0.5) is 16.0 Å². The second-order valence-electron chi connectivity index (χ2n) is 15.8. The number of hydrogen-bond donors (Lipinski definition) is 4. The molecule has 2 fully saturated rings. The number of halogens is 1. The summed E-state index contributed by atoms with van der Waals surface area (Å²) in [7, 11) is 0. The molecular weight excluding hydrogens is 716 g/mol. The highest BCUT2D eigenvalue weighted by molar-refractivity contribution is 5.99. The van der Waals surface area contributed by atoms with Gasteiger partial charge in [0.05, 0.1) is 30.9 Å². The minimum absolute atomic E-state index is 0.0467. The van der Waals surface area contributed by atoms with Gasteiger partial charge in [0, 0.05) is 49.4 Å². The maximum atomic E-state index is 14.4. The van der Waals surface area contributed by atoms with E-state index in [1.165, 1.54) is 12.1 Å². The molecule has 14 nitrogen and oxygen atoms in total. The molecule has 3 amide bonds. The predicted octanol–water partition coefficient (Wildman–Crippen LogP) is 4.65. The van der Waals surface area contributed by atoms with E-state index in [4.69, 9.17) is 21.2 Å². The minimum atomic E-state index is -0.626. The van der Waals surface area contributed by atoms with Gasteiger partial charge in [0.15, 0.2) is 5.65 Å². The van der Waals surface area contributed by atoms with Crippen LogP contribution < -0.4 is 26.8 Å². The van der Waals surface area contributed by atoms with Crippen LogP contribution in [0.1, 0.15) is 99.2 Å². The Bertz CT molecular complexity index is 2050. The molecule has 0 unspecified atom stereocenters. The number of unbranched alkanes of at least 4 members (excludes halogenated alkanes) is 3. The lowest BCUT2D eigenvalue weighted by atomic mass is 9.99. The average Bonchev–Trinajstić information content (AvgIpc) is 3.70. The Morgan fingerprint density at radius 3 is 2.73 bits per heavy atom. The number of pyridine rings is 1. The van der Waals surface area contributed by atoms with Crippen molar-refractivity contribution >= 4 is 35.0 Å². The molecule has 7 rings (SSSR count). The van der Waals surface area contributed by atoms with Crippen LogP contribution in [0.25, 0.3) is 5.65 Å². The van der Waals surface area contributed by atoms with E-state index in [1.807, 2.05) is 30.9 Å². The van der Waals surface area contributed by atoms with E-state index >= 15 is 0 Å². The number of nitrogens with two attached hydrogens (primary N) is 2. The van der Waals surface area contributed by atoms with Crippen LogP contribution >= 0.6 is 0 Å². The summed E-state index contributed by atoms with van der Waals surface area (Å²) in [5.41, 5.74) is 14.6. The van der Waals surface area contributed by atoms with Crippen LogP contribution in [0, 0.1) is 11.2 Å². The molecule has 1 saturated heterocycles. The number of nitrogens with zero attached hydrogens (tertiary/aromatic N) is 6. The smallest absolute Gasteiger partial charge is 0.259 e. The molecule has 1 spiro atoms. The highest BCUT2D eigenvalue weighted by Gasteiger charge is 2.56. The lowest BCUT2D eigenvalue weighted by Crippen LogP contribution is -2.49. The van der Waals surface area contributed by atoms with Gasteiger partial charge in [-0.3, -0.25) is 14.4 Å². The Morgan fingerprint density at radius 2 is 1.93 bits per heavy atom. The fourth-order valence-corrected chi connectivity index (χ4v) is 8.08. The molecule has 56 heavy (non-hydrogen) atoms. The standard InChI is InChI=1S/C41H53FN10O4/c1-26-23-50(40(55)31-22-46-52-20-15-35(49-38(31)52)47-27(2)30-21-29(42)13-14-33(30)56-26)19-6-4-3-5-12-36(53)51-24-34(41(25-51)16-17-41)48-39(54)32(43)11-7-9-28-10-8-18-45-37(28)44/h8,10,13-15,18,20-22,26-27,32,34H,3-7,9,11-12,16-17,19,23-25,43H2,1-2H3,(H2,44,45)(H,47,49)(H,48,54)/t26-,27+,32-,34-/m0/s1. The van der Waals surface area contributed by atoms with Crippen molar-refractivity contribution in [2.45, 2.75) is 102 Å². The van der Waals surface area contributed by atoms with Crippen LogP contribution in [0.3, 0.4) is 0 Å². The summed E-state index contributed by atoms with van der Waals surface area (Å²) in [5.74, 6) is 0.958. The lowest BCUT2D eigenvalue weighted by Gasteiger charge is -2.27. The topological polar surface area (TPSA) is 186 Å². The average molecular weight is 769 g/mol. The molecule has 4 atom stereocenters. The van der Waals surface area contributed by atoms with Crippen LogP contribution in [-0.4, -0.2) is 91.5 Å². The lowest BCUT2D eigenvalue weighted by molar-refractivity contribution is -0.130. The SMILES string of the molecule is C[C@H]1CN(CCCCCCC(=O)N2C[C@H](NC(=O)[C@@H](N)CCCc3cccnc3N)C3(CC3)C2)C(=O)c2cnn3ccc(nc23)N[C@H](C)c2cc(F)ccc2O1. The molecule has 1 aromatic carbocycles. The van der Waals surface area contributed by atoms with Crippen LogP contribution in [0.15, 0.2) is 55.0 Å². The number of ether oxygens (including phenoxy) is 1. The molecule has 1 saturated carbocycles. The number of carbonyl (C=O) groups is 3. The highest BCUT2D eigenvalue weighted by Crippen LogP contribution is 2.53. The second kappa shape index (κ2) is 16.8. The number of aromatic nitrogens is 4. The fraction of sp³-hybridized carbons (Fsp3) is 0.512. The molecule has 1 aliphatic carbocycles. The third-order valence-corrected chi connectivity index (χ3v) is 11.5. The van der Waals surface area contributed by atoms with E-state index < -0.39 is 6.04 Å². The summed E-state index contributed by atoms with van der Waals surface area (Å²) in [6, 6.07) is 8.98. The first-order chi connectivity index (χ1) is 27.0. The first-order valence-electron chi connectivity index (χ1n) is 19.9. The number of fused-ring (bicyclic) bond motifs is 2. The number of hydrogen-bond acceptors (Lipinski definition) is 10. The largest absolute Gasteiger partial charge is 0.489 e. The van der Waals surface area contributed by atoms with E-state index in [9.17, 15) is 18.8 Å². The number of rotatable bonds is 13. The van der Waals surface area contributed by atoms with Crippen molar-refractivity contribution in [3.8, 4) is 5.75 Å². The molecule has 6 N–H and O–H groups in total. The fourth-order valence-electron chi connectivity index (χ4n) is 8.08. The van der Waals surface area contributed by atoms with Crippen molar-refractivity contribution in [1.29, 1.82) is 0 Å². The monoisotopic (exact) mass is 768 g/mol. The number of aryl methyl sites for hydroxylation is 1. The van der Waals surface area contributed by atoms with Gasteiger partial charge in [-0.1, -0.05) is 18.9 Å². The van der Waals surface area contributed by atoms with Crippen LogP contribution in [0.5, 0.6) is 5.75 Å². The van der Waals surface area contributed by atoms with Gasteiger partial charge in [0.1, 0.15) is 34.9 Å². The Morgan fingerprint density at radius 1 is 1.11 bits per heavy atom. The Labute approximate surface area is 326 Å². The highest BCUT2D eigenvalue weighted by atomic mass is 19.1. The third kappa shape index (κ3) is 8.88.